The van der Waals surface area contributed by atoms with E-state index in [1.54, 1.807) is 36.4 Å². The molecule has 0 atom stereocenters. The van der Waals surface area contributed by atoms with Crippen LogP contribution in [0.2, 0.25) is 0 Å². The Morgan fingerprint density at radius 3 is 2.21 bits per heavy atom. The number of hydrogen-bond donors (Lipinski definition) is 2. The maximum Gasteiger partial charge on any atom is 0.326 e. The highest BCUT2D eigenvalue weighted by Crippen LogP contribution is 2.19. The topological polar surface area (TPSA) is 87.7 Å². The predicted octanol–water partition coefficient (Wildman–Crippen LogP) is 4.55. The van der Waals surface area contributed by atoms with E-state index in [-0.39, 0.29) is 18.0 Å². The number of amides is 2. The van der Waals surface area contributed by atoms with Crippen molar-refractivity contribution in [1.82, 2.24) is 4.72 Å². The Labute approximate surface area is 193 Å². The third-order valence-electron chi connectivity index (χ3n) is 4.76. The van der Waals surface area contributed by atoms with Crippen molar-refractivity contribution in [3.63, 3.8) is 0 Å². The van der Waals surface area contributed by atoms with Crippen molar-refractivity contribution in [3.05, 3.63) is 84.2 Å². The van der Waals surface area contributed by atoms with Crippen LogP contribution in [-0.4, -0.2) is 34.1 Å². The van der Waals surface area contributed by atoms with Crippen LogP contribution in [0.1, 0.15) is 12.5 Å². The van der Waals surface area contributed by atoms with Crippen molar-refractivity contribution >= 4 is 27.4 Å². The van der Waals surface area contributed by atoms with Gasteiger partial charge in [0, 0.05) is 24.5 Å². The molecule has 174 valence electrons. The number of nitrogens with zero attached hydrogens (tertiary/aromatic N) is 1. The largest absolute Gasteiger partial charge is 0.494 e. The molecule has 2 N–H and O–H groups in total. The molecule has 0 unspecified atom stereocenters. The van der Waals surface area contributed by atoms with E-state index in [0.29, 0.717) is 23.7 Å². The summed E-state index contributed by atoms with van der Waals surface area (Å²) in [6.45, 7) is 4.27. The molecule has 0 saturated heterocycles. The van der Waals surface area contributed by atoms with Gasteiger partial charge in [-0.25, -0.2) is 22.3 Å². The molecule has 9 heteroatoms. The third kappa shape index (κ3) is 6.77. The second-order valence-corrected chi connectivity index (χ2v) is 8.99. The van der Waals surface area contributed by atoms with Crippen LogP contribution in [0.5, 0.6) is 5.75 Å². The maximum absolute atomic E-state index is 13.4. The fraction of sp³-hybridized carbons (Fsp3) is 0.208. The van der Waals surface area contributed by atoms with Crippen LogP contribution in [-0.2, 0) is 10.0 Å². The van der Waals surface area contributed by atoms with Crippen LogP contribution >= 0.6 is 0 Å². The van der Waals surface area contributed by atoms with Crippen LogP contribution in [0.25, 0.3) is 0 Å². The molecular weight excluding hydrogens is 445 g/mol. The molecule has 0 saturated carbocycles. The van der Waals surface area contributed by atoms with Gasteiger partial charge in [0.1, 0.15) is 11.6 Å². The molecule has 0 spiro atoms. The van der Waals surface area contributed by atoms with Crippen LogP contribution in [0.3, 0.4) is 0 Å². The number of halogens is 1. The Balaban J connectivity index is 1.72. The Bertz CT molecular complexity index is 1170. The zero-order chi connectivity index (χ0) is 23.8. The summed E-state index contributed by atoms with van der Waals surface area (Å²) in [5.41, 5.74) is 1.91. The van der Waals surface area contributed by atoms with E-state index in [2.05, 4.69) is 10.0 Å². The van der Waals surface area contributed by atoms with Crippen molar-refractivity contribution in [2.45, 2.75) is 18.7 Å². The second-order valence-electron chi connectivity index (χ2n) is 7.23. The molecule has 3 aromatic carbocycles. The number of carbonyl (C=O) groups excluding carboxylic acids is 1. The highest BCUT2D eigenvalue weighted by atomic mass is 32.2. The third-order valence-corrected chi connectivity index (χ3v) is 6.24. The van der Waals surface area contributed by atoms with Gasteiger partial charge in [0.2, 0.25) is 10.0 Å². The summed E-state index contributed by atoms with van der Waals surface area (Å²) >= 11 is 0. The first-order valence-corrected chi connectivity index (χ1v) is 11.9. The van der Waals surface area contributed by atoms with Gasteiger partial charge in [-0.1, -0.05) is 17.7 Å². The molecule has 0 aliphatic heterocycles. The molecule has 33 heavy (non-hydrogen) atoms. The summed E-state index contributed by atoms with van der Waals surface area (Å²) < 4.78 is 46.4. The van der Waals surface area contributed by atoms with Crippen molar-refractivity contribution in [2.75, 3.05) is 29.9 Å². The Kier molecular flexibility index (Phi) is 8.02. The number of hydrogen-bond acceptors (Lipinski definition) is 4. The highest BCUT2D eigenvalue weighted by molar-refractivity contribution is 7.89. The Morgan fingerprint density at radius 1 is 0.970 bits per heavy atom. The first-order chi connectivity index (χ1) is 15.8. The summed E-state index contributed by atoms with van der Waals surface area (Å²) in [6.07, 6.45) is 0. The molecule has 0 radical (unpaired) electrons. The first kappa shape index (κ1) is 24.2. The lowest BCUT2D eigenvalue weighted by Crippen LogP contribution is -2.41. The van der Waals surface area contributed by atoms with E-state index < -0.39 is 21.9 Å². The minimum absolute atomic E-state index is 0.0274. The summed E-state index contributed by atoms with van der Waals surface area (Å²) in [5, 5.41) is 2.77. The van der Waals surface area contributed by atoms with Gasteiger partial charge >= 0.3 is 6.03 Å². The molecule has 2 amide bonds. The number of benzene rings is 3. The molecule has 0 aromatic heterocycles. The second kappa shape index (κ2) is 10.9. The molecule has 0 fully saturated rings. The normalized spacial score (nSPS) is 11.1. The van der Waals surface area contributed by atoms with Crippen LogP contribution in [0.4, 0.5) is 20.6 Å². The quantitative estimate of drug-likeness (QED) is 0.479. The van der Waals surface area contributed by atoms with Crippen molar-refractivity contribution in [1.29, 1.82) is 0 Å². The van der Waals surface area contributed by atoms with E-state index in [1.807, 2.05) is 13.8 Å². The highest BCUT2D eigenvalue weighted by Gasteiger charge is 2.19. The van der Waals surface area contributed by atoms with Crippen LogP contribution in [0, 0.1) is 12.7 Å². The monoisotopic (exact) mass is 471 g/mol. The average molecular weight is 472 g/mol. The predicted molar refractivity (Wildman–Crippen MR) is 127 cm³/mol. The van der Waals surface area contributed by atoms with Gasteiger partial charge in [0.25, 0.3) is 0 Å². The first-order valence-electron chi connectivity index (χ1n) is 10.4. The number of anilines is 2. The Morgan fingerprint density at radius 2 is 1.61 bits per heavy atom. The Hall–Kier alpha value is -3.43. The summed E-state index contributed by atoms with van der Waals surface area (Å²) in [6, 6.07) is 18.2. The maximum atomic E-state index is 13.4. The van der Waals surface area contributed by atoms with Gasteiger partial charge < -0.3 is 10.1 Å². The van der Waals surface area contributed by atoms with Gasteiger partial charge in [-0.05, 0) is 74.5 Å². The lowest BCUT2D eigenvalue weighted by molar-refractivity contribution is 0.257. The number of carbonyl (C=O) groups is 1. The fourth-order valence-electron chi connectivity index (χ4n) is 3.05. The molecule has 0 aliphatic rings. The van der Waals surface area contributed by atoms with Gasteiger partial charge in [-0.15, -0.1) is 0 Å². The molecular formula is C24H26FN3O4S. The fourth-order valence-corrected chi connectivity index (χ4v) is 4.07. The average Bonchev–Trinajstić information content (AvgIpc) is 2.79. The van der Waals surface area contributed by atoms with Crippen molar-refractivity contribution in [2.24, 2.45) is 0 Å². The number of aryl methyl sites for hydroxylation is 1. The standard InChI is InChI=1S/C24H26FN3O4S/c1-3-32-22-12-8-20(9-13-22)27-24(29)28(21-10-6-19(25)7-11-21)17-16-26-33(30,31)23-14-4-18(2)5-15-23/h4-15,26H,3,16-17H2,1-2H3,(H,27,29). The number of ether oxygens (including phenoxy) is 1. The number of nitrogens with one attached hydrogen (secondary N) is 2. The molecule has 7 nitrogen and oxygen atoms in total. The smallest absolute Gasteiger partial charge is 0.326 e. The lowest BCUT2D eigenvalue weighted by atomic mass is 10.2. The molecule has 0 bridgehead atoms. The summed E-state index contributed by atoms with van der Waals surface area (Å²) in [4.78, 5) is 14.5. The van der Waals surface area contributed by atoms with Gasteiger partial charge in [0.15, 0.2) is 0 Å². The van der Waals surface area contributed by atoms with E-state index in [9.17, 15) is 17.6 Å². The molecule has 0 heterocycles. The number of urea groups is 1. The van der Waals surface area contributed by atoms with E-state index >= 15 is 0 Å². The zero-order valence-electron chi connectivity index (χ0n) is 18.4. The van der Waals surface area contributed by atoms with E-state index in [1.165, 1.54) is 41.3 Å². The lowest BCUT2D eigenvalue weighted by Gasteiger charge is -2.23. The number of sulfonamides is 1. The summed E-state index contributed by atoms with van der Waals surface area (Å²) in [5.74, 6) is 0.238. The molecule has 3 rings (SSSR count). The minimum Gasteiger partial charge on any atom is -0.494 e. The van der Waals surface area contributed by atoms with Crippen LogP contribution in [0.15, 0.2) is 77.7 Å². The van der Waals surface area contributed by atoms with E-state index in [4.69, 9.17) is 4.74 Å². The number of rotatable bonds is 9. The van der Waals surface area contributed by atoms with E-state index in [0.717, 1.165) is 5.56 Å². The molecule has 3 aromatic rings. The molecule has 0 aliphatic carbocycles. The van der Waals surface area contributed by atoms with Gasteiger partial charge in [0.05, 0.1) is 11.5 Å². The van der Waals surface area contributed by atoms with Gasteiger partial charge in [-0.2, -0.15) is 0 Å². The summed E-state index contributed by atoms with van der Waals surface area (Å²) in [7, 11) is -3.74. The minimum atomic E-state index is -3.74. The van der Waals surface area contributed by atoms with Gasteiger partial charge in [-0.3, -0.25) is 4.90 Å². The SMILES string of the molecule is CCOc1ccc(NC(=O)N(CCNS(=O)(=O)c2ccc(C)cc2)c2ccc(F)cc2)cc1. The zero-order valence-corrected chi connectivity index (χ0v) is 19.2. The van der Waals surface area contributed by atoms with Crippen molar-refractivity contribution < 1.29 is 22.3 Å². The van der Waals surface area contributed by atoms with Crippen LogP contribution < -0.4 is 19.7 Å². The van der Waals surface area contributed by atoms with Crippen molar-refractivity contribution in [3.8, 4) is 5.75 Å².